The second kappa shape index (κ2) is 13.6. The molecule has 2 aromatic carbocycles. The molecule has 0 bridgehead atoms. The van der Waals surface area contributed by atoms with E-state index in [9.17, 15) is 28.4 Å². The molecule has 3 amide bonds. The Kier molecular flexibility index (Phi) is 9.74. The molecule has 3 aromatic rings. The van der Waals surface area contributed by atoms with Crippen molar-refractivity contribution in [2.75, 3.05) is 25.1 Å². The lowest BCUT2D eigenvalue weighted by atomic mass is 10.0. The number of carbonyl (C=O) groups excluding carboxylic acids is 5. The van der Waals surface area contributed by atoms with E-state index >= 15 is 0 Å². The van der Waals surface area contributed by atoms with Crippen LogP contribution in [-0.4, -0.2) is 59.3 Å². The summed E-state index contributed by atoms with van der Waals surface area (Å²) in [6, 6.07) is 13.9. The van der Waals surface area contributed by atoms with Crippen molar-refractivity contribution in [3.05, 3.63) is 94.6 Å². The quantitative estimate of drug-likeness (QED) is 0.193. The molecule has 1 atom stereocenters. The first-order chi connectivity index (χ1) is 20.2. The molecule has 1 aliphatic heterocycles. The number of aromatic nitrogens is 1. The maximum Gasteiger partial charge on any atom is 0.359 e. The molecule has 218 valence electrons. The second-order valence-electron chi connectivity index (χ2n) is 9.51. The third-order valence-corrected chi connectivity index (χ3v) is 6.63. The zero-order valence-corrected chi connectivity index (χ0v) is 23.2. The average molecular weight is 576 g/mol. The molecule has 1 aromatic heterocycles. The number of amides is 3. The number of fused-ring (bicyclic) bond motifs is 1. The molecule has 4 rings (SSSR count). The van der Waals surface area contributed by atoms with Crippen molar-refractivity contribution in [1.29, 1.82) is 0 Å². The monoisotopic (exact) mass is 575 g/mol. The third-order valence-electron chi connectivity index (χ3n) is 6.63. The van der Waals surface area contributed by atoms with Gasteiger partial charge in [-0.25, -0.2) is 14.2 Å². The minimum atomic E-state index is -1.30. The zero-order chi connectivity index (χ0) is 30.2. The van der Waals surface area contributed by atoms with Crippen LogP contribution in [0.15, 0.2) is 60.8 Å². The Morgan fingerprint density at radius 2 is 1.57 bits per heavy atom. The van der Waals surface area contributed by atoms with E-state index in [4.69, 9.17) is 9.47 Å². The van der Waals surface area contributed by atoms with Crippen LogP contribution < -0.4 is 5.32 Å². The van der Waals surface area contributed by atoms with Gasteiger partial charge >= 0.3 is 11.9 Å². The number of rotatable bonds is 12. The molecule has 10 nitrogen and oxygen atoms in total. The minimum Gasteiger partial charge on any atom is -0.465 e. The Hall–Kier alpha value is -4.93. The predicted molar refractivity (Wildman–Crippen MR) is 149 cm³/mol. The van der Waals surface area contributed by atoms with Gasteiger partial charge in [0.15, 0.2) is 5.69 Å². The molecule has 0 saturated heterocycles. The molecule has 42 heavy (non-hydrogen) atoms. The normalized spacial score (nSPS) is 13.0. The van der Waals surface area contributed by atoms with Gasteiger partial charge < -0.3 is 14.8 Å². The van der Waals surface area contributed by atoms with Crippen LogP contribution in [0.2, 0.25) is 0 Å². The summed E-state index contributed by atoms with van der Waals surface area (Å²) in [5, 5.41) is 2.62. The first kappa shape index (κ1) is 30.0. The van der Waals surface area contributed by atoms with Gasteiger partial charge in [0.1, 0.15) is 11.7 Å². The van der Waals surface area contributed by atoms with E-state index in [1.165, 1.54) is 18.3 Å². The fourth-order valence-electron chi connectivity index (χ4n) is 4.61. The molecule has 0 saturated carbocycles. The SMILES string of the molecule is CCOC(=O)c1ncc(Cc2ccc(F)cc2)cc1NC(=O)C(CCCN1C(=O)c2ccccc2C1=O)C(=O)OCC. The highest BCUT2D eigenvalue weighted by Gasteiger charge is 2.36. The fourth-order valence-corrected chi connectivity index (χ4v) is 4.61. The number of carbonyl (C=O) groups is 5. The fraction of sp³-hybridized carbons (Fsp3) is 0.290. The van der Waals surface area contributed by atoms with Gasteiger partial charge in [-0.2, -0.15) is 0 Å². The van der Waals surface area contributed by atoms with Crippen molar-refractivity contribution in [3.63, 3.8) is 0 Å². The number of halogens is 1. The topological polar surface area (TPSA) is 132 Å². The van der Waals surface area contributed by atoms with Crippen LogP contribution in [0.25, 0.3) is 0 Å². The van der Waals surface area contributed by atoms with Crippen LogP contribution in [0, 0.1) is 11.7 Å². The Bertz CT molecular complexity index is 1470. The number of nitrogens with zero attached hydrogens (tertiary/aromatic N) is 2. The molecule has 0 radical (unpaired) electrons. The Labute approximate surface area is 241 Å². The van der Waals surface area contributed by atoms with Gasteiger partial charge in [-0.05, 0) is 74.6 Å². The summed E-state index contributed by atoms with van der Waals surface area (Å²) in [6.45, 7) is 3.34. The standard InChI is InChI=1S/C31H30FN3O7/c1-3-41-30(39)24(10-7-15-35-28(37)22-8-5-6-9-23(22)29(35)38)27(36)34-25-17-20(16-19-11-13-21(32)14-12-19)18-33-26(25)31(40)42-4-2/h5-6,8-9,11-14,17-18,24H,3-4,7,10,15-16H2,1-2H3,(H,34,36). The summed E-state index contributed by atoms with van der Waals surface area (Å²) in [6.07, 6.45) is 1.91. The average Bonchev–Trinajstić information content (AvgIpc) is 3.21. The van der Waals surface area contributed by atoms with E-state index in [0.717, 1.165) is 10.5 Å². The van der Waals surface area contributed by atoms with E-state index in [0.29, 0.717) is 23.1 Å². The van der Waals surface area contributed by atoms with Crippen molar-refractivity contribution in [2.24, 2.45) is 5.92 Å². The van der Waals surface area contributed by atoms with Crippen molar-refractivity contribution < 1.29 is 37.8 Å². The lowest BCUT2D eigenvalue weighted by Gasteiger charge is -2.19. The summed E-state index contributed by atoms with van der Waals surface area (Å²) in [4.78, 5) is 69.5. The van der Waals surface area contributed by atoms with Gasteiger partial charge in [-0.1, -0.05) is 24.3 Å². The maximum absolute atomic E-state index is 13.4. The van der Waals surface area contributed by atoms with Crippen LogP contribution in [0.1, 0.15) is 69.0 Å². The number of esters is 2. The van der Waals surface area contributed by atoms with Crippen molar-refractivity contribution >= 4 is 35.3 Å². The summed E-state index contributed by atoms with van der Waals surface area (Å²) in [7, 11) is 0. The molecular formula is C31H30FN3O7. The lowest BCUT2D eigenvalue weighted by molar-refractivity contribution is -0.151. The van der Waals surface area contributed by atoms with Gasteiger partial charge in [-0.3, -0.25) is 24.1 Å². The van der Waals surface area contributed by atoms with Crippen LogP contribution in [0.4, 0.5) is 10.1 Å². The summed E-state index contributed by atoms with van der Waals surface area (Å²) < 4.78 is 23.5. The molecule has 0 fully saturated rings. The Morgan fingerprint density at radius 1 is 0.929 bits per heavy atom. The summed E-state index contributed by atoms with van der Waals surface area (Å²) in [5.74, 6) is -4.84. The highest BCUT2D eigenvalue weighted by atomic mass is 19.1. The van der Waals surface area contributed by atoms with Gasteiger partial charge in [0.05, 0.1) is 30.0 Å². The molecule has 11 heteroatoms. The van der Waals surface area contributed by atoms with Gasteiger partial charge in [0.25, 0.3) is 11.8 Å². The Morgan fingerprint density at radius 3 is 2.19 bits per heavy atom. The van der Waals surface area contributed by atoms with Crippen molar-refractivity contribution in [3.8, 4) is 0 Å². The van der Waals surface area contributed by atoms with E-state index in [-0.39, 0.29) is 49.8 Å². The number of pyridine rings is 1. The summed E-state index contributed by atoms with van der Waals surface area (Å²) >= 11 is 0. The van der Waals surface area contributed by atoms with Crippen molar-refractivity contribution in [2.45, 2.75) is 33.1 Å². The van der Waals surface area contributed by atoms with Crippen LogP contribution in [0.5, 0.6) is 0 Å². The first-order valence-electron chi connectivity index (χ1n) is 13.6. The maximum atomic E-state index is 13.4. The highest BCUT2D eigenvalue weighted by Crippen LogP contribution is 2.25. The Balaban J connectivity index is 1.51. The number of anilines is 1. The number of benzene rings is 2. The highest BCUT2D eigenvalue weighted by molar-refractivity contribution is 6.21. The first-order valence-corrected chi connectivity index (χ1v) is 13.6. The van der Waals surface area contributed by atoms with E-state index < -0.39 is 35.6 Å². The number of hydrogen-bond acceptors (Lipinski definition) is 8. The van der Waals surface area contributed by atoms with Crippen LogP contribution in [-0.2, 0) is 25.5 Å². The predicted octanol–water partition coefficient (Wildman–Crippen LogP) is 4.18. The van der Waals surface area contributed by atoms with E-state index in [1.807, 2.05) is 0 Å². The lowest BCUT2D eigenvalue weighted by Crippen LogP contribution is -2.34. The number of ether oxygens (including phenoxy) is 2. The molecule has 0 spiro atoms. The van der Waals surface area contributed by atoms with Crippen LogP contribution >= 0.6 is 0 Å². The second-order valence-corrected chi connectivity index (χ2v) is 9.51. The van der Waals surface area contributed by atoms with Crippen molar-refractivity contribution in [1.82, 2.24) is 9.88 Å². The third kappa shape index (κ3) is 6.85. The smallest absolute Gasteiger partial charge is 0.359 e. The molecule has 2 heterocycles. The molecule has 1 aliphatic rings. The van der Waals surface area contributed by atoms with Gasteiger partial charge in [0.2, 0.25) is 5.91 Å². The van der Waals surface area contributed by atoms with E-state index in [2.05, 4.69) is 10.3 Å². The van der Waals surface area contributed by atoms with Gasteiger partial charge in [0, 0.05) is 12.7 Å². The van der Waals surface area contributed by atoms with Crippen LogP contribution in [0.3, 0.4) is 0 Å². The number of hydrogen-bond donors (Lipinski definition) is 1. The molecule has 1 unspecified atom stereocenters. The number of imide groups is 1. The minimum absolute atomic E-state index is 0.00167. The van der Waals surface area contributed by atoms with E-state index in [1.54, 1.807) is 56.3 Å². The molecule has 1 N–H and O–H groups in total. The van der Waals surface area contributed by atoms with Gasteiger partial charge in [-0.15, -0.1) is 0 Å². The summed E-state index contributed by atoms with van der Waals surface area (Å²) in [5.41, 5.74) is 1.89. The molecular weight excluding hydrogens is 545 g/mol. The zero-order valence-electron chi connectivity index (χ0n) is 23.2. The number of nitrogens with one attached hydrogen (secondary N) is 1. The largest absolute Gasteiger partial charge is 0.465 e. The molecule has 0 aliphatic carbocycles.